The molecule has 0 bridgehead atoms. The summed E-state index contributed by atoms with van der Waals surface area (Å²) in [6, 6.07) is 1.87. The Labute approximate surface area is 99.6 Å². The van der Waals surface area contributed by atoms with Crippen molar-refractivity contribution in [3.8, 4) is 0 Å². The number of pyridine rings is 1. The second kappa shape index (κ2) is 4.33. The van der Waals surface area contributed by atoms with Crippen molar-refractivity contribution >= 4 is 26.7 Å². The predicted molar refractivity (Wildman–Crippen MR) is 66.7 cm³/mol. The Morgan fingerprint density at radius 3 is 2.88 bits per heavy atom. The molecule has 0 saturated heterocycles. The monoisotopic (exact) mass is 254 g/mol. The lowest BCUT2D eigenvalue weighted by atomic mass is 10.4. The Balaban J connectivity index is 2.19. The van der Waals surface area contributed by atoms with E-state index in [1.165, 1.54) is 6.26 Å². The van der Waals surface area contributed by atoms with Crippen LogP contribution >= 0.6 is 0 Å². The summed E-state index contributed by atoms with van der Waals surface area (Å²) in [5.41, 5.74) is 1.71. The van der Waals surface area contributed by atoms with Crippen molar-refractivity contribution in [2.45, 2.75) is 0 Å². The third-order valence-electron chi connectivity index (χ3n) is 2.41. The van der Waals surface area contributed by atoms with Gasteiger partial charge in [-0.2, -0.15) is 0 Å². The first-order valence-corrected chi connectivity index (χ1v) is 7.21. The fraction of sp³-hybridized carbons (Fsp3) is 0.400. The van der Waals surface area contributed by atoms with E-state index in [-0.39, 0.29) is 5.75 Å². The van der Waals surface area contributed by atoms with E-state index in [0.29, 0.717) is 12.4 Å². The zero-order valence-corrected chi connectivity index (χ0v) is 10.5. The minimum absolute atomic E-state index is 0.0813. The number of aryl methyl sites for hydroxylation is 1. The van der Waals surface area contributed by atoms with Crippen molar-refractivity contribution in [3.63, 3.8) is 0 Å². The Morgan fingerprint density at radius 2 is 2.18 bits per heavy atom. The summed E-state index contributed by atoms with van der Waals surface area (Å²) in [6.45, 7) is 0.335. The van der Waals surface area contributed by atoms with Crippen molar-refractivity contribution in [1.82, 2.24) is 14.5 Å². The van der Waals surface area contributed by atoms with Crippen molar-refractivity contribution < 1.29 is 8.42 Å². The Hall–Kier alpha value is -1.63. The zero-order valence-electron chi connectivity index (χ0n) is 9.71. The van der Waals surface area contributed by atoms with Gasteiger partial charge in [0.05, 0.1) is 17.6 Å². The lowest BCUT2D eigenvalue weighted by molar-refractivity contribution is 0.602. The van der Waals surface area contributed by atoms with Crippen LogP contribution in [0.2, 0.25) is 0 Å². The molecule has 0 aliphatic rings. The van der Waals surface area contributed by atoms with Gasteiger partial charge in [0, 0.05) is 26.0 Å². The van der Waals surface area contributed by atoms with Gasteiger partial charge >= 0.3 is 0 Å². The maximum Gasteiger partial charge on any atom is 0.154 e. The first-order chi connectivity index (χ1) is 7.97. The van der Waals surface area contributed by atoms with Gasteiger partial charge in [0.2, 0.25) is 0 Å². The number of nitrogens with zero attached hydrogens (tertiary/aromatic N) is 3. The number of anilines is 1. The quantitative estimate of drug-likeness (QED) is 0.856. The van der Waals surface area contributed by atoms with Crippen molar-refractivity contribution in [2.24, 2.45) is 7.05 Å². The molecule has 1 N–H and O–H groups in total. The molecule has 0 fully saturated rings. The van der Waals surface area contributed by atoms with Crippen molar-refractivity contribution in [3.05, 3.63) is 18.6 Å². The first kappa shape index (κ1) is 11.8. The van der Waals surface area contributed by atoms with Crippen LogP contribution in [0.4, 0.5) is 5.82 Å². The van der Waals surface area contributed by atoms with E-state index >= 15 is 0 Å². The number of aromatic nitrogens is 3. The predicted octanol–water partition coefficient (Wildman–Crippen LogP) is 0.425. The molecule has 0 spiro atoms. The highest BCUT2D eigenvalue weighted by Gasteiger charge is 2.07. The molecule has 0 atom stereocenters. The maximum absolute atomic E-state index is 11.0. The number of hydrogen-bond acceptors (Lipinski definition) is 5. The smallest absolute Gasteiger partial charge is 0.154 e. The van der Waals surface area contributed by atoms with Gasteiger partial charge in [-0.25, -0.2) is 18.4 Å². The van der Waals surface area contributed by atoms with E-state index in [0.717, 1.165) is 11.0 Å². The lowest BCUT2D eigenvalue weighted by Crippen LogP contribution is -2.14. The number of nitrogens with one attached hydrogen (secondary N) is 1. The van der Waals surface area contributed by atoms with Gasteiger partial charge in [-0.1, -0.05) is 0 Å². The summed E-state index contributed by atoms with van der Waals surface area (Å²) >= 11 is 0. The molecule has 0 unspecified atom stereocenters. The highest BCUT2D eigenvalue weighted by Crippen LogP contribution is 2.17. The van der Waals surface area contributed by atoms with E-state index < -0.39 is 9.84 Å². The molecule has 2 heterocycles. The van der Waals surface area contributed by atoms with E-state index in [2.05, 4.69) is 15.3 Å². The van der Waals surface area contributed by atoms with Gasteiger partial charge in [0.1, 0.15) is 15.4 Å². The molecular formula is C10H14N4O2S. The second-order valence-electron chi connectivity index (χ2n) is 3.94. The van der Waals surface area contributed by atoms with Crippen LogP contribution in [0.5, 0.6) is 0 Å². The summed E-state index contributed by atoms with van der Waals surface area (Å²) in [4.78, 5) is 8.38. The number of sulfone groups is 1. The largest absolute Gasteiger partial charge is 0.367 e. The van der Waals surface area contributed by atoms with Gasteiger partial charge < -0.3 is 9.88 Å². The fourth-order valence-corrected chi connectivity index (χ4v) is 2.02. The van der Waals surface area contributed by atoms with E-state index in [9.17, 15) is 8.42 Å². The van der Waals surface area contributed by atoms with Crippen molar-refractivity contribution in [2.75, 3.05) is 23.9 Å². The third-order valence-corrected chi connectivity index (χ3v) is 3.35. The van der Waals surface area contributed by atoms with Crippen LogP contribution in [0, 0.1) is 0 Å². The molecule has 2 rings (SSSR count). The van der Waals surface area contributed by atoms with Gasteiger partial charge in [0.15, 0.2) is 5.82 Å². The summed E-state index contributed by atoms with van der Waals surface area (Å²) in [5.74, 6) is 0.699. The molecule has 0 aromatic carbocycles. The van der Waals surface area contributed by atoms with Crippen LogP contribution in [0.1, 0.15) is 0 Å². The topological polar surface area (TPSA) is 76.9 Å². The molecule has 92 valence electrons. The molecule has 2 aromatic heterocycles. The van der Waals surface area contributed by atoms with Crippen LogP contribution in [0.3, 0.4) is 0 Å². The number of rotatable bonds is 4. The van der Waals surface area contributed by atoms with Crippen LogP contribution < -0.4 is 5.32 Å². The van der Waals surface area contributed by atoms with Crippen LogP contribution in [-0.2, 0) is 16.9 Å². The fourth-order valence-electron chi connectivity index (χ4n) is 1.55. The number of hydrogen-bond donors (Lipinski definition) is 1. The van der Waals surface area contributed by atoms with Gasteiger partial charge in [-0.05, 0) is 6.07 Å². The molecule has 6 nitrogen and oxygen atoms in total. The lowest BCUT2D eigenvalue weighted by Gasteiger charge is -2.05. The summed E-state index contributed by atoms with van der Waals surface area (Å²) in [6.07, 6.45) is 4.59. The molecule has 2 aromatic rings. The van der Waals surface area contributed by atoms with Crippen LogP contribution in [0.15, 0.2) is 18.6 Å². The molecule has 17 heavy (non-hydrogen) atoms. The Kier molecular flexibility index (Phi) is 3.01. The third kappa shape index (κ3) is 2.73. The van der Waals surface area contributed by atoms with Crippen LogP contribution in [0.25, 0.3) is 11.0 Å². The summed E-state index contributed by atoms with van der Waals surface area (Å²) in [7, 11) is -1.06. The molecule has 0 saturated carbocycles. The van der Waals surface area contributed by atoms with Gasteiger partial charge in [-0.3, -0.25) is 0 Å². The average molecular weight is 254 g/mol. The SMILES string of the molecule is Cn1cnc2c(NCCS(C)(=O)=O)nccc21. The molecule has 0 amide bonds. The molecule has 0 radical (unpaired) electrons. The average Bonchev–Trinajstić information content (AvgIpc) is 2.60. The normalized spacial score (nSPS) is 11.9. The summed E-state index contributed by atoms with van der Waals surface area (Å²) in [5, 5.41) is 2.99. The Morgan fingerprint density at radius 1 is 1.41 bits per heavy atom. The number of fused-ring (bicyclic) bond motifs is 1. The highest BCUT2D eigenvalue weighted by molar-refractivity contribution is 7.90. The summed E-state index contributed by atoms with van der Waals surface area (Å²) < 4.78 is 23.9. The van der Waals surface area contributed by atoms with Gasteiger partial charge in [0.25, 0.3) is 0 Å². The van der Waals surface area contributed by atoms with Crippen molar-refractivity contribution in [1.29, 1.82) is 0 Å². The minimum Gasteiger partial charge on any atom is -0.367 e. The number of imidazole rings is 1. The van der Waals surface area contributed by atoms with E-state index in [4.69, 9.17) is 0 Å². The molecular weight excluding hydrogens is 240 g/mol. The molecule has 0 aliphatic carbocycles. The minimum atomic E-state index is -2.96. The highest BCUT2D eigenvalue weighted by atomic mass is 32.2. The maximum atomic E-state index is 11.0. The van der Waals surface area contributed by atoms with E-state index in [1.807, 2.05) is 17.7 Å². The van der Waals surface area contributed by atoms with Crippen LogP contribution in [-0.4, -0.2) is 41.5 Å². The molecule has 0 aliphatic heterocycles. The zero-order chi connectivity index (χ0) is 12.5. The Bertz CT molecular complexity index is 633. The second-order valence-corrected chi connectivity index (χ2v) is 6.20. The van der Waals surface area contributed by atoms with E-state index in [1.54, 1.807) is 12.5 Å². The first-order valence-electron chi connectivity index (χ1n) is 5.15. The van der Waals surface area contributed by atoms with Gasteiger partial charge in [-0.15, -0.1) is 0 Å². The standard InChI is InChI=1S/C10H14N4O2S/c1-14-7-13-9-8(14)3-4-11-10(9)12-5-6-17(2,15)16/h3-4,7H,5-6H2,1-2H3,(H,11,12). The molecule has 7 heteroatoms.